The Hall–Kier alpha value is -7.94. The normalized spacial score (nSPS) is 12.7. The van der Waals surface area contributed by atoms with E-state index in [9.17, 15) is 5.26 Å². The first kappa shape index (κ1) is 33.4. The number of aromatic nitrogens is 3. The maximum Gasteiger partial charge on any atom is 0.164 e. The second kappa shape index (κ2) is 13.4. The van der Waals surface area contributed by atoms with Gasteiger partial charge in [-0.1, -0.05) is 158 Å². The quantitative estimate of drug-likeness (QED) is 0.176. The summed E-state index contributed by atoms with van der Waals surface area (Å²) < 4.78 is 6.61. The van der Waals surface area contributed by atoms with E-state index < -0.39 is 5.41 Å². The van der Waals surface area contributed by atoms with Gasteiger partial charge in [0.25, 0.3) is 0 Å². The van der Waals surface area contributed by atoms with E-state index in [-0.39, 0.29) is 0 Å². The molecule has 0 amide bonds. The molecular weight excluding hydrogens is 709 g/mol. The maximum absolute atomic E-state index is 9.63. The van der Waals surface area contributed by atoms with Gasteiger partial charge in [0.1, 0.15) is 11.5 Å². The molecule has 0 bridgehead atoms. The van der Waals surface area contributed by atoms with Gasteiger partial charge in [-0.2, -0.15) is 5.26 Å². The molecule has 0 saturated carbocycles. The van der Waals surface area contributed by atoms with Crippen LogP contribution in [0.1, 0.15) is 27.8 Å². The molecule has 2 heterocycles. The Morgan fingerprint density at radius 1 is 0.379 bits per heavy atom. The largest absolute Gasteiger partial charge is 0.457 e. The third-order valence-electron chi connectivity index (χ3n) is 11.4. The number of hydrogen-bond acceptors (Lipinski definition) is 5. The third-order valence-corrected chi connectivity index (χ3v) is 11.4. The van der Waals surface area contributed by atoms with Gasteiger partial charge in [-0.25, -0.2) is 15.0 Å². The minimum atomic E-state index is -0.619. The number of nitrogens with zero attached hydrogens (tertiary/aromatic N) is 4. The van der Waals surface area contributed by atoms with Crippen LogP contribution in [0, 0.1) is 11.3 Å². The van der Waals surface area contributed by atoms with Crippen molar-refractivity contribution in [2.45, 2.75) is 5.41 Å². The van der Waals surface area contributed by atoms with Crippen molar-refractivity contribution in [3.63, 3.8) is 0 Å². The highest BCUT2D eigenvalue weighted by atomic mass is 16.5. The van der Waals surface area contributed by atoms with Gasteiger partial charge in [0, 0.05) is 27.8 Å². The number of benzene rings is 8. The number of fused-ring (bicyclic) bond motifs is 9. The van der Waals surface area contributed by atoms with Crippen molar-refractivity contribution in [3.05, 3.63) is 222 Å². The fraction of sp³-hybridized carbons (Fsp3) is 0.0189. The molecule has 9 aromatic rings. The van der Waals surface area contributed by atoms with Crippen molar-refractivity contribution in [3.8, 4) is 85.1 Å². The molecule has 8 aromatic carbocycles. The molecule has 0 radical (unpaired) electrons. The number of ether oxygens (including phenoxy) is 1. The molecule has 5 nitrogen and oxygen atoms in total. The van der Waals surface area contributed by atoms with Gasteiger partial charge in [-0.05, 0) is 80.9 Å². The second-order valence-electron chi connectivity index (χ2n) is 14.6. The van der Waals surface area contributed by atoms with E-state index in [1.807, 2.05) is 84.9 Å². The average Bonchev–Trinajstić information content (AvgIpc) is 3.59. The summed E-state index contributed by atoms with van der Waals surface area (Å²) >= 11 is 0. The summed E-state index contributed by atoms with van der Waals surface area (Å²) in [6, 6.07) is 69.2. The van der Waals surface area contributed by atoms with Gasteiger partial charge in [-0.15, -0.1) is 0 Å². The Morgan fingerprint density at radius 3 is 1.52 bits per heavy atom. The monoisotopic (exact) mass is 740 g/mol. The van der Waals surface area contributed by atoms with Crippen molar-refractivity contribution in [2.75, 3.05) is 0 Å². The van der Waals surface area contributed by atoms with E-state index in [4.69, 9.17) is 19.7 Å². The van der Waals surface area contributed by atoms with Crippen LogP contribution in [0.4, 0.5) is 0 Å². The van der Waals surface area contributed by atoms with Crippen LogP contribution in [-0.4, -0.2) is 15.0 Å². The predicted octanol–water partition coefficient (Wildman–Crippen LogP) is 12.5. The maximum atomic E-state index is 9.63. The summed E-state index contributed by atoms with van der Waals surface area (Å²) in [6.07, 6.45) is 0. The summed E-state index contributed by atoms with van der Waals surface area (Å²) in [7, 11) is 0. The Balaban J connectivity index is 1.12. The van der Waals surface area contributed by atoms with Crippen molar-refractivity contribution in [1.29, 1.82) is 5.26 Å². The summed E-state index contributed by atoms with van der Waals surface area (Å²) in [5.74, 6) is 3.56. The molecule has 1 spiro atoms. The fourth-order valence-electron chi connectivity index (χ4n) is 8.87. The Kier molecular flexibility index (Phi) is 7.70. The number of hydrogen-bond donors (Lipinski definition) is 0. The molecule has 0 fully saturated rings. The second-order valence-corrected chi connectivity index (χ2v) is 14.6. The summed E-state index contributed by atoms with van der Waals surface area (Å²) in [5.41, 5.74) is 14.0. The van der Waals surface area contributed by atoms with Gasteiger partial charge in [0.05, 0.1) is 17.0 Å². The molecule has 0 unspecified atom stereocenters. The van der Waals surface area contributed by atoms with Gasteiger partial charge in [0.15, 0.2) is 17.5 Å². The number of nitriles is 1. The first-order chi connectivity index (χ1) is 28.7. The molecule has 0 N–H and O–H groups in total. The minimum absolute atomic E-state index is 0.610. The Bertz CT molecular complexity index is 2990. The van der Waals surface area contributed by atoms with Crippen molar-refractivity contribution in [1.82, 2.24) is 15.0 Å². The zero-order valence-corrected chi connectivity index (χ0v) is 31.2. The van der Waals surface area contributed by atoms with Crippen LogP contribution < -0.4 is 4.74 Å². The topological polar surface area (TPSA) is 71.7 Å². The van der Waals surface area contributed by atoms with Crippen LogP contribution in [0.5, 0.6) is 11.5 Å². The Labute approximate surface area is 336 Å². The lowest BCUT2D eigenvalue weighted by atomic mass is 9.66. The zero-order valence-electron chi connectivity index (χ0n) is 31.2. The molecule has 58 heavy (non-hydrogen) atoms. The van der Waals surface area contributed by atoms with Crippen LogP contribution in [-0.2, 0) is 5.41 Å². The van der Waals surface area contributed by atoms with E-state index >= 15 is 0 Å². The first-order valence-corrected chi connectivity index (χ1v) is 19.3. The highest BCUT2D eigenvalue weighted by molar-refractivity contribution is 5.98. The average molecular weight is 741 g/mol. The van der Waals surface area contributed by atoms with E-state index in [0.717, 1.165) is 67.1 Å². The lowest BCUT2D eigenvalue weighted by Crippen LogP contribution is -2.32. The molecule has 0 atom stereocenters. The zero-order chi connectivity index (χ0) is 38.6. The van der Waals surface area contributed by atoms with Crippen LogP contribution in [0.3, 0.4) is 0 Å². The summed E-state index contributed by atoms with van der Waals surface area (Å²) in [4.78, 5) is 15.0. The summed E-state index contributed by atoms with van der Waals surface area (Å²) in [5, 5.41) is 9.63. The fourth-order valence-corrected chi connectivity index (χ4v) is 8.87. The van der Waals surface area contributed by atoms with Crippen LogP contribution in [0.15, 0.2) is 194 Å². The predicted molar refractivity (Wildman–Crippen MR) is 229 cm³/mol. The van der Waals surface area contributed by atoms with Crippen LogP contribution in [0.2, 0.25) is 0 Å². The van der Waals surface area contributed by atoms with Crippen LogP contribution >= 0.6 is 0 Å². The molecule has 0 saturated heterocycles. The van der Waals surface area contributed by atoms with E-state index in [1.165, 1.54) is 16.7 Å². The molecule has 2 aliphatic rings. The smallest absolute Gasteiger partial charge is 0.164 e. The van der Waals surface area contributed by atoms with E-state index in [2.05, 4.69) is 115 Å². The standard InChI is InChI=1S/C53H32N4O/c54-33-34-25-27-35(28-26-34)41-19-12-22-46-49(41)42-32-39(29-30-43(42)53(46)44-20-7-9-23-47(44)58-48-24-10-8-21-45(48)53)38-17-11-18-40(31-38)52-56-50(36-13-3-1-4-14-36)55-51(57-52)37-15-5-2-6-16-37/h1-32H. The first-order valence-electron chi connectivity index (χ1n) is 19.3. The molecular formula is C53H32N4O. The van der Waals surface area contributed by atoms with Gasteiger partial charge < -0.3 is 4.74 Å². The SMILES string of the molecule is N#Cc1ccc(-c2cccc3c2-c2cc(-c4cccc(-c5nc(-c6ccccc6)nc(-c6ccccc6)n5)c4)ccc2C32c3ccccc3Oc3ccccc32)cc1. The molecule has 5 heteroatoms. The van der Waals surface area contributed by atoms with E-state index in [0.29, 0.717) is 23.0 Å². The molecule has 1 aliphatic heterocycles. The summed E-state index contributed by atoms with van der Waals surface area (Å²) in [6.45, 7) is 0. The molecule has 1 aromatic heterocycles. The third kappa shape index (κ3) is 5.20. The highest BCUT2D eigenvalue weighted by Crippen LogP contribution is 2.63. The number of para-hydroxylation sites is 2. The number of rotatable bonds is 5. The highest BCUT2D eigenvalue weighted by Gasteiger charge is 2.51. The van der Waals surface area contributed by atoms with Crippen molar-refractivity contribution in [2.24, 2.45) is 0 Å². The van der Waals surface area contributed by atoms with Crippen LogP contribution in [0.25, 0.3) is 67.5 Å². The van der Waals surface area contributed by atoms with E-state index in [1.54, 1.807) is 0 Å². The van der Waals surface area contributed by atoms with Gasteiger partial charge in [-0.3, -0.25) is 0 Å². The van der Waals surface area contributed by atoms with Crippen molar-refractivity contribution >= 4 is 0 Å². The lowest BCUT2D eigenvalue weighted by Gasteiger charge is -2.39. The molecule has 270 valence electrons. The lowest BCUT2D eigenvalue weighted by molar-refractivity contribution is 0.436. The van der Waals surface area contributed by atoms with Crippen molar-refractivity contribution < 1.29 is 4.74 Å². The molecule has 1 aliphatic carbocycles. The minimum Gasteiger partial charge on any atom is -0.457 e. The Morgan fingerprint density at radius 2 is 0.879 bits per heavy atom. The van der Waals surface area contributed by atoms with Gasteiger partial charge >= 0.3 is 0 Å². The molecule has 11 rings (SSSR count). The van der Waals surface area contributed by atoms with Gasteiger partial charge in [0.2, 0.25) is 0 Å².